The second-order valence-electron chi connectivity index (χ2n) is 7.88. The van der Waals surface area contributed by atoms with Crippen LogP contribution in [0.4, 0.5) is 5.82 Å². The Morgan fingerprint density at radius 1 is 1.19 bits per heavy atom. The molecule has 1 atom stereocenters. The third-order valence-electron chi connectivity index (χ3n) is 5.35. The van der Waals surface area contributed by atoms with Crippen molar-refractivity contribution < 1.29 is 0 Å². The number of nitrogens with zero attached hydrogens (tertiary/aromatic N) is 3. The van der Waals surface area contributed by atoms with Crippen LogP contribution >= 0.6 is 0 Å². The molecule has 1 aliphatic heterocycles. The molecular formula is C22H29N5. The zero-order valence-electron chi connectivity index (χ0n) is 16.3. The molecule has 1 fully saturated rings. The van der Waals surface area contributed by atoms with E-state index < -0.39 is 0 Å². The Morgan fingerprint density at radius 2 is 2.04 bits per heavy atom. The van der Waals surface area contributed by atoms with Gasteiger partial charge in [0.05, 0.1) is 5.39 Å². The first-order chi connectivity index (χ1) is 13.2. The van der Waals surface area contributed by atoms with E-state index >= 15 is 0 Å². The first-order valence-electron chi connectivity index (χ1n) is 10.1. The highest BCUT2D eigenvalue weighted by Gasteiger charge is 2.23. The number of rotatable bonds is 6. The second kappa shape index (κ2) is 8.09. The number of nitrogens with one attached hydrogen (secondary N) is 2. The summed E-state index contributed by atoms with van der Waals surface area (Å²) in [6, 6.07) is 15.5. The van der Waals surface area contributed by atoms with Gasteiger partial charge in [-0.05, 0) is 57.4 Å². The highest BCUT2D eigenvalue weighted by atomic mass is 15.2. The molecule has 4 rings (SSSR count). The van der Waals surface area contributed by atoms with Gasteiger partial charge in [-0.25, -0.2) is 4.98 Å². The first-order valence-corrected chi connectivity index (χ1v) is 10.1. The number of benzene rings is 1. The third-order valence-corrected chi connectivity index (χ3v) is 5.35. The Kier molecular flexibility index (Phi) is 5.39. The highest BCUT2D eigenvalue weighted by molar-refractivity contribution is 5.87. The van der Waals surface area contributed by atoms with Gasteiger partial charge in [-0.15, -0.1) is 0 Å². The number of pyridine rings is 1. The van der Waals surface area contributed by atoms with Crippen LogP contribution in [0.15, 0.2) is 42.5 Å². The van der Waals surface area contributed by atoms with Crippen LogP contribution in [0.5, 0.6) is 0 Å². The van der Waals surface area contributed by atoms with Crippen LogP contribution in [0.1, 0.15) is 43.9 Å². The lowest BCUT2D eigenvalue weighted by atomic mass is 9.94. The molecule has 0 amide bonds. The largest absolute Gasteiger partial charge is 0.366 e. The molecule has 0 bridgehead atoms. The minimum Gasteiger partial charge on any atom is -0.366 e. The van der Waals surface area contributed by atoms with Crippen LogP contribution in [-0.2, 0) is 6.42 Å². The monoisotopic (exact) mass is 363 g/mol. The molecule has 1 aliphatic rings. The molecule has 5 nitrogen and oxygen atoms in total. The predicted octanol–water partition coefficient (Wildman–Crippen LogP) is 4.20. The summed E-state index contributed by atoms with van der Waals surface area (Å²) in [5.74, 6) is 1.40. The summed E-state index contributed by atoms with van der Waals surface area (Å²) in [6.07, 6.45) is 3.57. The Bertz CT molecular complexity index is 871. The van der Waals surface area contributed by atoms with Gasteiger partial charge >= 0.3 is 0 Å². The standard InChI is InChI=1S/C22H29N5/c1-16(2)23-21-19-10-11-20(24-22(19)26-25-21)18-9-6-13-27(15-18)14-12-17-7-4-3-5-8-17/h3-5,7-8,10-11,16,18H,6,9,12-15H2,1-2H3,(H2,23,24,25,26)/t18-/m0/s1. The van der Waals surface area contributed by atoms with Crippen molar-refractivity contribution in [2.45, 2.75) is 45.1 Å². The molecule has 0 saturated carbocycles. The van der Waals surface area contributed by atoms with Gasteiger partial charge in [0.2, 0.25) is 0 Å². The molecule has 0 radical (unpaired) electrons. The number of aromatic nitrogens is 3. The van der Waals surface area contributed by atoms with E-state index in [0.717, 1.165) is 36.4 Å². The summed E-state index contributed by atoms with van der Waals surface area (Å²) in [7, 11) is 0. The molecule has 5 heteroatoms. The lowest BCUT2D eigenvalue weighted by Gasteiger charge is -2.32. The third kappa shape index (κ3) is 4.30. The summed E-state index contributed by atoms with van der Waals surface area (Å²) in [5.41, 5.74) is 3.49. The minimum atomic E-state index is 0.354. The molecule has 142 valence electrons. The number of aromatic amines is 1. The maximum atomic E-state index is 4.89. The van der Waals surface area contributed by atoms with Crippen molar-refractivity contribution in [3.8, 4) is 0 Å². The van der Waals surface area contributed by atoms with Crippen molar-refractivity contribution in [2.75, 3.05) is 25.0 Å². The fourth-order valence-corrected chi connectivity index (χ4v) is 3.96. The van der Waals surface area contributed by atoms with Gasteiger partial charge in [-0.2, -0.15) is 5.10 Å². The second-order valence-corrected chi connectivity index (χ2v) is 7.88. The Morgan fingerprint density at radius 3 is 2.85 bits per heavy atom. The number of H-pyrrole nitrogens is 1. The van der Waals surface area contributed by atoms with Gasteiger partial charge in [0, 0.05) is 30.7 Å². The molecule has 0 aliphatic carbocycles. The van der Waals surface area contributed by atoms with E-state index in [9.17, 15) is 0 Å². The summed E-state index contributed by atoms with van der Waals surface area (Å²) in [4.78, 5) is 7.48. The fourth-order valence-electron chi connectivity index (χ4n) is 3.96. The number of hydrogen-bond donors (Lipinski definition) is 2. The van der Waals surface area contributed by atoms with Crippen molar-refractivity contribution in [1.82, 2.24) is 20.1 Å². The van der Waals surface area contributed by atoms with E-state index in [1.807, 2.05) is 0 Å². The molecule has 3 heterocycles. The van der Waals surface area contributed by atoms with Crippen LogP contribution in [0.25, 0.3) is 11.0 Å². The number of anilines is 1. The van der Waals surface area contributed by atoms with E-state index in [1.165, 1.54) is 30.6 Å². The molecule has 1 aromatic carbocycles. The molecule has 0 unspecified atom stereocenters. The smallest absolute Gasteiger partial charge is 0.157 e. The first kappa shape index (κ1) is 18.0. The van der Waals surface area contributed by atoms with Crippen molar-refractivity contribution in [3.05, 3.63) is 53.7 Å². The summed E-state index contributed by atoms with van der Waals surface area (Å²) in [5, 5.41) is 11.9. The van der Waals surface area contributed by atoms with Crippen molar-refractivity contribution >= 4 is 16.9 Å². The molecular weight excluding hydrogens is 334 g/mol. The molecule has 0 spiro atoms. The molecule has 3 aromatic rings. The summed E-state index contributed by atoms with van der Waals surface area (Å²) >= 11 is 0. The van der Waals surface area contributed by atoms with Crippen LogP contribution < -0.4 is 5.32 Å². The van der Waals surface area contributed by atoms with E-state index in [1.54, 1.807) is 0 Å². The molecule has 27 heavy (non-hydrogen) atoms. The maximum Gasteiger partial charge on any atom is 0.157 e. The fraction of sp³-hybridized carbons (Fsp3) is 0.455. The van der Waals surface area contributed by atoms with Crippen LogP contribution in [0.2, 0.25) is 0 Å². The topological polar surface area (TPSA) is 56.8 Å². The van der Waals surface area contributed by atoms with Gasteiger partial charge in [0.25, 0.3) is 0 Å². The summed E-state index contributed by atoms with van der Waals surface area (Å²) in [6.45, 7) is 7.65. The van der Waals surface area contributed by atoms with E-state index in [4.69, 9.17) is 4.98 Å². The molecule has 1 saturated heterocycles. The number of hydrogen-bond acceptors (Lipinski definition) is 4. The van der Waals surface area contributed by atoms with E-state index in [2.05, 4.69) is 76.7 Å². The number of fused-ring (bicyclic) bond motifs is 1. The summed E-state index contributed by atoms with van der Waals surface area (Å²) < 4.78 is 0. The Balaban J connectivity index is 1.43. The predicted molar refractivity (Wildman–Crippen MR) is 111 cm³/mol. The minimum absolute atomic E-state index is 0.354. The Labute approximate surface area is 161 Å². The van der Waals surface area contributed by atoms with Gasteiger partial charge < -0.3 is 10.2 Å². The lowest BCUT2D eigenvalue weighted by Crippen LogP contribution is -2.36. The highest BCUT2D eigenvalue weighted by Crippen LogP contribution is 2.28. The Hall–Kier alpha value is -2.40. The van der Waals surface area contributed by atoms with Crippen LogP contribution in [-0.4, -0.2) is 45.8 Å². The SMILES string of the molecule is CC(C)Nc1n[nH]c2nc([C@H]3CCCN(CCc4ccccc4)C3)ccc12. The normalized spacial score (nSPS) is 18.3. The zero-order valence-corrected chi connectivity index (χ0v) is 16.3. The average Bonchev–Trinajstić information content (AvgIpc) is 3.09. The molecule has 2 aromatic heterocycles. The van der Waals surface area contributed by atoms with Gasteiger partial charge in [0.15, 0.2) is 11.5 Å². The van der Waals surface area contributed by atoms with Gasteiger partial charge in [-0.3, -0.25) is 5.10 Å². The maximum absolute atomic E-state index is 4.89. The zero-order chi connectivity index (χ0) is 18.6. The number of piperidine rings is 1. The van der Waals surface area contributed by atoms with Gasteiger partial charge in [-0.1, -0.05) is 30.3 Å². The van der Waals surface area contributed by atoms with Crippen molar-refractivity contribution in [2.24, 2.45) is 0 Å². The van der Waals surface area contributed by atoms with Gasteiger partial charge in [0.1, 0.15) is 0 Å². The average molecular weight is 364 g/mol. The molecule has 2 N–H and O–H groups in total. The van der Waals surface area contributed by atoms with Crippen LogP contribution in [0.3, 0.4) is 0 Å². The lowest BCUT2D eigenvalue weighted by molar-refractivity contribution is 0.208. The van der Waals surface area contributed by atoms with Crippen molar-refractivity contribution in [1.29, 1.82) is 0 Å². The quantitative estimate of drug-likeness (QED) is 0.689. The van der Waals surface area contributed by atoms with Crippen molar-refractivity contribution in [3.63, 3.8) is 0 Å². The van der Waals surface area contributed by atoms with E-state index in [0.29, 0.717) is 12.0 Å². The number of likely N-dealkylation sites (tertiary alicyclic amines) is 1. The van der Waals surface area contributed by atoms with Crippen LogP contribution in [0, 0.1) is 0 Å². The van der Waals surface area contributed by atoms with E-state index in [-0.39, 0.29) is 0 Å².